The van der Waals surface area contributed by atoms with Gasteiger partial charge in [-0.3, -0.25) is 9.59 Å². The average molecular weight is 342 g/mol. The van der Waals surface area contributed by atoms with Crippen molar-refractivity contribution in [1.82, 2.24) is 4.90 Å². The summed E-state index contributed by atoms with van der Waals surface area (Å²) in [6.45, 7) is 3.58. The number of hydrogen-bond acceptors (Lipinski definition) is 4. The Labute approximate surface area is 146 Å². The number of furan rings is 1. The van der Waals surface area contributed by atoms with Crippen molar-refractivity contribution >= 4 is 17.5 Å². The van der Waals surface area contributed by atoms with E-state index in [4.69, 9.17) is 9.15 Å². The van der Waals surface area contributed by atoms with Crippen LogP contribution in [0.4, 0.5) is 5.69 Å². The Balaban J connectivity index is 1.56. The molecule has 1 N–H and O–H groups in total. The van der Waals surface area contributed by atoms with Crippen LogP contribution in [0.1, 0.15) is 30.1 Å². The summed E-state index contributed by atoms with van der Waals surface area (Å²) >= 11 is 0. The van der Waals surface area contributed by atoms with Crippen molar-refractivity contribution in [2.24, 2.45) is 5.92 Å². The van der Waals surface area contributed by atoms with Crippen LogP contribution in [0.25, 0.3) is 0 Å². The van der Waals surface area contributed by atoms with Crippen molar-refractivity contribution in [3.63, 3.8) is 0 Å². The summed E-state index contributed by atoms with van der Waals surface area (Å²) in [5.41, 5.74) is 1.24. The molecule has 132 valence electrons. The first-order valence-corrected chi connectivity index (χ1v) is 8.53. The fourth-order valence-corrected chi connectivity index (χ4v) is 3.00. The van der Waals surface area contributed by atoms with E-state index < -0.39 is 0 Å². The number of piperidine rings is 1. The third-order valence-electron chi connectivity index (χ3n) is 4.37. The maximum atomic E-state index is 12.5. The standard InChI is InChI=1S/C19H22N2O4/c1-2-25-17-6-4-3-5-16(17)20-18(22)14-7-10-21(11-8-14)19(23)15-9-12-24-13-15/h3-6,9,12-14H,2,7-8,10-11H2,1H3,(H,20,22). The molecule has 0 radical (unpaired) electrons. The molecule has 0 saturated carbocycles. The molecule has 0 unspecified atom stereocenters. The van der Waals surface area contributed by atoms with Crippen molar-refractivity contribution in [3.05, 3.63) is 48.4 Å². The van der Waals surface area contributed by atoms with E-state index in [0.717, 1.165) is 0 Å². The van der Waals surface area contributed by atoms with Gasteiger partial charge in [-0.25, -0.2) is 0 Å². The minimum Gasteiger partial charge on any atom is -0.492 e. The highest BCUT2D eigenvalue weighted by molar-refractivity contribution is 5.95. The summed E-state index contributed by atoms with van der Waals surface area (Å²) in [6.07, 6.45) is 4.23. The fourth-order valence-electron chi connectivity index (χ4n) is 3.00. The molecule has 0 bridgehead atoms. The summed E-state index contributed by atoms with van der Waals surface area (Å²) < 4.78 is 10.5. The van der Waals surface area contributed by atoms with Crippen molar-refractivity contribution in [3.8, 4) is 5.75 Å². The molecule has 0 aliphatic carbocycles. The zero-order valence-electron chi connectivity index (χ0n) is 14.2. The molecule has 1 aromatic carbocycles. The molecule has 2 aromatic rings. The van der Waals surface area contributed by atoms with E-state index in [-0.39, 0.29) is 17.7 Å². The first kappa shape index (κ1) is 17.1. The molecule has 3 rings (SSSR count). The van der Waals surface area contributed by atoms with E-state index in [2.05, 4.69) is 5.32 Å². The van der Waals surface area contributed by atoms with E-state index in [1.54, 1.807) is 11.0 Å². The molecule has 6 nitrogen and oxygen atoms in total. The minimum atomic E-state index is -0.108. The third kappa shape index (κ3) is 4.02. The molecule has 2 heterocycles. The lowest BCUT2D eigenvalue weighted by Gasteiger charge is -2.31. The zero-order chi connectivity index (χ0) is 17.6. The number of anilines is 1. The Morgan fingerprint density at radius 2 is 2.00 bits per heavy atom. The molecule has 1 aromatic heterocycles. The molecular formula is C19H22N2O4. The number of carbonyl (C=O) groups is 2. The molecule has 25 heavy (non-hydrogen) atoms. The van der Waals surface area contributed by atoms with Crippen LogP contribution in [0.5, 0.6) is 5.75 Å². The minimum absolute atomic E-state index is 0.0254. The Hall–Kier alpha value is -2.76. The quantitative estimate of drug-likeness (QED) is 0.906. The summed E-state index contributed by atoms with van der Waals surface area (Å²) in [5, 5.41) is 2.95. The predicted octanol–water partition coefficient (Wildman–Crippen LogP) is 3.17. The molecule has 1 aliphatic rings. The van der Waals surface area contributed by atoms with Gasteiger partial charge in [-0.05, 0) is 38.0 Å². The van der Waals surface area contributed by atoms with E-state index >= 15 is 0 Å². The van der Waals surface area contributed by atoms with Gasteiger partial charge in [0.05, 0.1) is 24.1 Å². The van der Waals surface area contributed by atoms with Crippen LogP contribution in [-0.2, 0) is 4.79 Å². The molecule has 0 atom stereocenters. The third-order valence-corrected chi connectivity index (χ3v) is 4.37. The summed E-state index contributed by atoms with van der Waals surface area (Å²) in [5.74, 6) is 0.492. The van der Waals surface area contributed by atoms with Crippen LogP contribution < -0.4 is 10.1 Å². The molecule has 1 saturated heterocycles. The molecule has 1 aliphatic heterocycles. The van der Waals surface area contributed by atoms with Gasteiger partial charge < -0.3 is 19.4 Å². The lowest BCUT2D eigenvalue weighted by atomic mass is 9.95. The first-order chi connectivity index (χ1) is 12.2. The highest BCUT2D eigenvalue weighted by Crippen LogP contribution is 2.26. The highest BCUT2D eigenvalue weighted by Gasteiger charge is 2.28. The number of nitrogens with zero attached hydrogens (tertiary/aromatic N) is 1. The van der Waals surface area contributed by atoms with Crippen LogP contribution in [0.3, 0.4) is 0 Å². The average Bonchev–Trinajstić information content (AvgIpc) is 3.18. The molecule has 0 spiro atoms. The number of amides is 2. The van der Waals surface area contributed by atoms with Crippen molar-refractivity contribution in [2.75, 3.05) is 25.0 Å². The lowest BCUT2D eigenvalue weighted by Crippen LogP contribution is -2.41. The normalized spacial score (nSPS) is 15.0. The number of ether oxygens (including phenoxy) is 1. The van der Waals surface area contributed by atoms with E-state index in [1.807, 2.05) is 31.2 Å². The molecule has 2 amide bonds. The fraction of sp³-hybridized carbons (Fsp3) is 0.368. The maximum Gasteiger partial charge on any atom is 0.257 e. The van der Waals surface area contributed by atoms with E-state index in [1.165, 1.54) is 12.5 Å². The van der Waals surface area contributed by atoms with Gasteiger partial charge in [0.1, 0.15) is 12.0 Å². The van der Waals surface area contributed by atoms with Crippen molar-refractivity contribution in [1.29, 1.82) is 0 Å². The van der Waals surface area contributed by atoms with Gasteiger partial charge in [-0.15, -0.1) is 0 Å². The second-order valence-corrected chi connectivity index (χ2v) is 6.00. The number of hydrogen-bond donors (Lipinski definition) is 1. The predicted molar refractivity (Wildman–Crippen MR) is 93.6 cm³/mol. The summed E-state index contributed by atoms with van der Waals surface area (Å²) in [6, 6.07) is 9.07. The summed E-state index contributed by atoms with van der Waals surface area (Å²) in [7, 11) is 0. The van der Waals surface area contributed by atoms with Crippen molar-refractivity contribution < 1.29 is 18.7 Å². The first-order valence-electron chi connectivity index (χ1n) is 8.53. The zero-order valence-corrected chi connectivity index (χ0v) is 14.2. The highest BCUT2D eigenvalue weighted by atomic mass is 16.5. The Morgan fingerprint density at radius 1 is 1.24 bits per heavy atom. The molecule has 1 fully saturated rings. The van der Waals surface area contributed by atoms with Crippen LogP contribution >= 0.6 is 0 Å². The monoisotopic (exact) mass is 342 g/mol. The number of rotatable bonds is 5. The number of benzene rings is 1. The second kappa shape index (κ2) is 7.88. The van der Waals surface area contributed by atoms with E-state index in [0.29, 0.717) is 49.5 Å². The largest absolute Gasteiger partial charge is 0.492 e. The SMILES string of the molecule is CCOc1ccccc1NC(=O)C1CCN(C(=O)c2ccoc2)CC1. The van der Waals surface area contributed by atoms with E-state index in [9.17, 15) is 9.59 Å². The van der Waals surface area contributed by atoms with Crippen LogP contribution in [0, 0.1) is 5.92 Å². The van der Waals surface area contributed by atoms with Crippen molar-refractivity contribution in [2.45, 2.75) is 19.8 Å². The van der Waals surface area contributed by atoms with Crippen LogP contribution in [0.2, 0.25) is 0 Å². The molecular weight excluding hydrogens is 320 g/mol. The van der Waals surface area contributed by atoms with Gasteiger partial charge in [-0.2, -0.15) is 0 Å². The van der Waals surface area contributed by atoms with Crippen LogP contribution in [0.15, 0.2) is 47.3 Å². The topological polar surface area (TPSA) is 71.8 Å². The number of nitrogens with one attached hydrogen (secondary N) is 1. The van der Waals surface area contributed by atoms with Gasteiger partial charge in [0.25, 0.3) is 5.91 Å². The number of likely N-dealkylation sites (tertiary alicyclic amines) is 1. The Morgan fingerprint density at radius 3 is 2.68 bits per heavy atom. The Kier molecular flexibility index (Phi) is 5.38. The second-order valence-electron chi connectivity index (χ2n) is 6.00. The lowest BCUT2D eigenvalue weighted by molar-refractivity contribution is -0.121. The smallest absolute Gasteiger partial charge is 0.257 e. The van der Waals surface area contributed by atoms with Gasteiger partial charge >= 0.3 is 0 Å². The van der Waals surface area contributed by atoms with Gasteiger partial charge in [0, 0.05) is 19.0 Å². The van der Waals surface area contributed by atoms with Crippen LogP contribution in [-0.4, -0.2) is 36.4 Å². The summed E-state index contributed by atoms with van der Waals surface area (Å²) in [4.78, 5) is 26.6. The number of para-hydroxylation sites is 2. The maximum absolute atomic E-state index is 12.5. The van der Waals surface area contributed by atoms with Gasteiger partial charge in [0.15, 0.2) is 0 Å². The Bertz CT molecular complexity index is 719. The van der Waals surface area contributed by atoms with Gasteiger partial charge in [-0.1, -0.05) is 12.1 Å². The number of carbonyl (C=O) groups excluding carboxylic acids is 2. The molecule has 6 heteroatoms. The van der Waals surface area contributed by atoms with Gasteiger partial charge in [0.2, 0.25) is 5.91 Å².